The molecule has 0 bridgehead atoms. The molecule has 1 fully saturated rings. The van der Waals surface area contributed by atoms with Crippen molar-refractivity contribution < 1.29 is 9.53 Å². The maximum atomic E-state index is 12.4. The first-order chi connectivity index (χ1) is 10.3. The Morgan fingerprint density at radius 1 is 1.00 bits per heavy atom. The lowest BCUT2D eigenvalue weighted by Crippen LogP contribution is -2.36. The van der Waals surface area contributed by atoms with Crippen LogP contribution in [0.25, 0.3) is 0 Å². The van der Waals surface area contributed by atoms with Crippen LogP contribution in [0, 0.1) is 0 Å². The SMILES string of the molecule is O=C(Cc1ccccc1)c1cccc(N2CCOCC2)c1. The zero-order chi connectivity index (χ0) is 14.5. The van der Waals surface area contributed by atoms with E-state index in [0.29, 0.717) is 6.42 Å². The number of hydrogen-bond donors (Lipinski definition) is 0. The van der Waals surface area contributed by atoms with Crippen molar-refractivity contribution in [1.29, 1.82) is 0 Å². The fourth-order valence-electron chi connectivity index (χ4n) is 2.58. The Hall–Kier alpha value is -2.13. The van der Waals surface area contributed by atoms with Crippen LogP contribution in [-0.4, -0.2) is 32.1 Å². The van der Waals surface area contributed by atoms with Crippen molar-refractivity contribution in [3.63, 3.8) is 0 Å². The fourth-order valence-corrected chi connectivity index (χ4v) is 2.58. The Kier molecular flexibility index (Phi) is 4.31. The first kappa shape index (κ1) is 13.8. The van der Waals surface area contributed by atoms with Gasteiger partial charge >= 0.3 is 0 Å². The highest BCUT2D eigenvalue weighted by atomic mass is 16.5. The Balaban J connectivity index is 1.74. The van der Waals surface area contributed by atoms with E-state index in [0.717, 1.165) is 43.1 Å². The summed E-state index contributed by atoms with van der Waals surface area (Å²) in [6.07, 6.45) is 0.452. The van der Waals surface area contributed by atoms with Gasteiger partial charge in [0, 0.05) is 30.8 Å². The van der Waals surface area contributed by atoms with Crippen molar-refractivity contribution in [2.24, 2.45) is 0 Å². The predicted molar refractivity (Wildman–Crippen MR) is 84.0 cm³/mol. The molecule has 1 aliphatic rings. The van der Waals surface area contributed by atoms with E-state index in [1.54, 1.807) is 0 Å². The monoisotopic (exact) mass is 281 g/mol. The van der Waals surface area contributed by atoms with E-state index in [1.165, 1.54) is 0 Å². The normalized spacial score (nSPS) is 15.0. The largest absolute Gasteiger partial charge is 0.378 e. The number of hydrogen-bond acceptors (Lipinski definition) is 3. The van der Waals surface area contributed by atoms with E-state index >= 15 is 0 Å². The molecule has 0 saturated carbocycles. The van der Waals surface area contributed by atoms with Crippen molar-refractivity contribution >= 4 is 11.5 Å². The Labute approximate surface area is 125 Å². The standard InChI is InChI=1S/C18H19NO2/c20-18(13-15-5-2-1-3-6-15)16-7-4-8-17(14-16)19-9-11-21-12-10-19/h1-8,14H,9-13H2. The van der Waals surface area contributed by atoms with Crippen LogP contribution in [0.5, 0.6) is 0 Å². The highest BCUT2D eigenvalue weighted by Crippen LogP contribution is 2.18. The molecule has 0 N–H and O–H groups in total. The number of ether oxygens (including phenoxy) is 1. The molecular formula is C18H19NO2. The first-order valence-electron chi connectivity index (χ1n) is 7.33. The fraction of sp³-hybridized carbons (Fsp3) is 0.278. The first-order valence-corrected chi connectivity index (χ1v) is 7.33. The summed E-state index contributed by atoms with van der Waals surface area (Å²) in [6, 6.07) is 17.8. The quantitative estimate of drug-likeness (QED) is 0.807. The van der Waals surface area contributed by atoms with Crippen LogP contribution in [0.1, 0.15) is 15.9 Å². The third-order valence-electron chi connectivity index (χ3n) is 3.75. The number of anilines is 1. The molecule has 0 aromatic heterocycles. The summed E-state index contributed by atoms with van der Waals surface area (Å²) < 4.78 is 5.37. The molecule has 2 aromatic rings. The zero-order valence-corrected chi connectivity index (χ0v) is 12.0. The summed E-state index contributed by atoms with van der Waals surface area (Å²) >= 11 is 0. The van der Waals surface area contributed by atoms with Crippen molar-refractivity contribution in [1.82, 2.24) is 0 Å². The van der Waals surface area contributed by atoms with E-state index in [9.17, 15) is 4.79 Å². The van der Waals surface area contributed by atoms with E-state index < -0.39 is 0 Å². The van der Waals surface area contributed by atoms with Gasteiger partial charge in [-0.15, -0.1) is 0 Å². The number of morpholine rings is 1. The third-order valence-corrected chi connectivity index (χ3v) is 3.75. The molecule has 3 nitrogen and oxygen atoms in total. The Morgan fingerprint density at radius 2 is 1.76 bits per heavy atom. The number of nitrogens with zero attached hydrogens (tertiary/aromatic N) is 1. The molecule has 1 saturated heterocycles. The molecule has 21 heavy (non-hydrogen) atoms. The molecule has 108 valence electrons. The van der Waals surface area contributed by atoms with Crippen molar-refractivity contribution in [3.8, 4) is 0 Å². The minimum atomic E-state index is 0.163. The highest BCUT2D eigenvalue weighted by Gasteiger charge is 2.13. The van der Waals surface area contributed by atoms with Gasteiger partial charge in [-0.2, -0.15) is 0 Å². The third kappa shape index (κ3) is 3.50. The molecule has 2 aromatic carbocycles. The molecule has 0 aliphatic carbocycles. The van der Waals surface area contributed by atoms with Gasteiger partial charge in [-0.05, 0) is 17.7 Å². The summed E-state index contributed by atoms with van der Waals surface area (Å²) in [5, 5.41) is 0. The lowest BCUT2D eigenvalue weighted by molar-refractivity contribution is 0.0993. The van der Waals surface area contributed by atoms with Crippen LogP contribution in [-0.2, 0) is 11.2 Å². The van der Waals surface area contributed by atoms with Gasteiger partial charge in [0.05, 0.1) is 13.2 Å². The minimum Gasteiger partial charge on any atom is -0.378 e. The van der Waals surface area contributed by atoms with Gasteiger partial charge < -0.3 is 9.64 Å². The Bertz CT molecular complexity index is 604. The molecule has 1 aliphatic heterocycles. The van der Waals surface area contributed by atoms with Crippen LogP contribution in [0.15, 0.2) is 54.6 Å². The molecular weight excluding hydrogens is 262 g/mol. The molecule has 0 atom stereocenters. The van der Waals surface area contributed by atoms with Crippen molar-refractivity contribution in [2.75, 3.05) is 31.2 Å². The lowest BCUT2D eigenvalue weighted by Gasteiger charge is -2.29. The zero-order valence-electron chi connectivity index (χ0n) is 12.0. The molecule has 1 heterocycles. The molecule has 0 radical (unpaired) electrons. The lowest BCUT2D eigenvalue weighted by atomic mass is 10.0. The van der Waals surface area contributed by atoms with Gasteiger partial charge in [0.1, 0.15) is 0 Å². The van der Waals surface area contributed by atoms with Gasteiger partial charge in [-0.25, -0.2) is 0 Å². The van der Waals surface area contributed by atoms with Crippen molar-refractivity contribution in [2.45, 2.75) is 6.42 Å². The van der Waals surface area contributed by atoms with Crippen LogP contribution >= 0.6 is 0 Å². The molecule has 0 amide bonds. The molecule has 0 spiro atoms. The number of carbonyl (C=O) groups excluding carboxylic acids is 1. The topological polar surface area (TPSA) is 29.5 Å². The summed E-state index contributed by atoms with van der Waals surface area (Å²) in [5.74, 6) is 0.163. The summed E-state index contributed by atoms with van der Waals surface area (Å²) in [6.45, 7) is 3.27. The number of Topliss-reactive ketones (excluding diaryl/α,β-unsaturated/α-hetero) is 1. The van der Waals surface area contributed by atoms with E-state index in [2.05, 4.69) is 11.0 Å². The van der Waals surface area contributed by atoms with Crippen molar-refractivity contribution in [3.05, 3.63) is 65.7 Å². The van der Waals surface area contributed by atoms with Gasteiger partial charge in [0.25, 0.3) is 0 Å². The van der Waals surface area contributed by atoms with Crippen LogP contribution in [0.4, 0.5) is 5.69 Å². The van der Waals surface area contributed by atoms with E-state index in [1.807, 2.05) is 48.5 Å². The summed E-state index contributed by atoms with van der Waals surface area (Å²) in [5.41, 5.74) is 2.94. The summed E-state index contributed by atoms with van der Waals surface area (Å²) in [7, 11) is 0. The average Bonchev–Trinajstić information content (AvgIpc) is 2.57. The van der Waals surface area contributed by atoms with Crippen LogP contribution in [0.2, 0.25) is 0 Å². The van der Waals surface area contributed by atoms with Gasteiger partial charge in [-0.3, -0.25) is 4.79 Å². The number of ketones is 1. The summed E-state index contributed by atoms with van der Waals surface area (Å²) in [4.78, 5) is 14.7. The maximum absolute atomic E-state index is 12.4. The average molecular weight is 281 g/mol. The van der Waals surface area contributed by atoms with Crippen LogP contribution in [0.3, 0.4) is 0 Å². The van der Waals surface area contributed by atoms with E-state index in [4.69, 9.17) is 4.74 Å². The number of benzene rings is 2. The maximum Gasteiger partial charge on any atom is 0.167 e. The van der Waals surface area contributed by atoms with Gasteiger partial charge in [0.2, 0.25) is 0 Å². The van der Waals surface area contributed by atoms with E-state index in [-0.39, 0.29) is 5.78 Å². The minimum absolute atomic E-state index is 0.163. The van der Waals surface area contributed by atoms with Gasteiger partial charge in [-0.1, -0.05) is 42.5 Å². The molecule has 0 unspecified atom stereocenters. The number of carbonyl (C=O) groups is 1. The molecule has 3 rings (SSSR count). The van der Waals surface area contributed by atoms with Crippen LogP contribution < -0.4 is 4.90 Å². The Morgan fingerprint density at radius 3 is 2.52 bits per heavy atom. The second-order valence-corrected chi connectivity index (χ2v) is 5.24. The number of rotatable bonds is 4. The van der Waals surface area contributed by atoms with Gasteiger partial charge in [0.15, 0.2) is 5.78 Å². The second-order valence-electron chi connectivity index (χ2n) is 5.24. The highest BCUT2D eigenvalue weighted by molar-refractivity contribution is 5.98. The second kappa shape index (κ2) is 6.55. The smallest absolute Gasteiger partial charge is 0.167 e. The predicted octanol–water partition coefficient (Wildman–Crippen LogP) is 2.95. The molecule has 3 heteroatoms.